The van der Waals surface area contributed by atoms with Crippen molar-refractivity contribution < 1.29 is 9.90 Å². The van der Waals surface area contributed by atoms with Crippen LogP contribution in [0.5, 0.6) is 0 Å². The summed E-state index contributed by atoms with van der Waals surface area (Å²) < 4.78 is 1.50. The number of carbonyl (C=O) groups is 1. The number of aromatic nitrogens is 6. The zero-order valence-electron chi connectivity index (χ0n) is 11.7. The fraction of sp³-hybridized carbons (Fsp3) is 0.583. The van der Waals surface area contributed by atoms with E-state index >= 15 is 0 Å². The molecule has 8 nitrogen and oxygen atoms in total. The molecule has 20 heavy (non-hydrogen) atoms. The number of hydrogen-bond donors (Lipinski definition) is 2. The molecule has 0 aliphatic rings. The van der Waals surface area contributed by atoms with Crippen molar-refractivity contribution in [2.75, 3.05) is 0 Å². The van der Waals surface area contributed by atoms with Crippen molar-refractivity contribution in [3.8, 4) is 11.5 Å². The smallest absolute Gasteiger partial charge is 0.308 e. The van der Waals surface area contributed by atoms with Gasteiger partial charge in [0.2, 0.25) is 0 Å². The van der Waals surface area contributed by atoms with Gasteiger partial charge in [-0.2, -0.15) is 5.10 Å². The second-order valence-electron chi connectivity index (χ2n) is 5.95. The molecule has 2 aromatic heterocycles. The number of hydrogen-bond acceptors (Lipinski definition) is 5. The molecule has 1 unspecified atom stereocenters. The molecule has 2 heterocycles. The maximum Gasteiger partial charge on any atom is 0.308 e. The van der Waals surface area contributed by atoms with Crippen LogP contribution in [0.3, 0.4) is 0 Å². The van der Waals surface area contributed by atoms with Gasteiger partial charge in [-0.15, -0.1) is 5.10 Å². The average molecular weight is 278 g/mol. The van der Waals surface area contributed by atoms with E-state index < -0.39 is 11.9 Å². The van der Waals surface area contributed by atoms with Crippen molar-refractivity contribution in [3.63, 3.8) is 0 Å². The Labute approximate surface area is 116 Å². The number of carboxylic acids is 1. The van der Waals surface area contributed by atoms with E-state index in [2.05, 4.69) is 25.7 Å². The highest BCUT2D eigenvalue weighted by Crippen LogP contribution is 2.26. The van der Waals surface area contributed by atoms with Crippen molar-refractivity contribution in [3.05, 3.63) is 12.3 Å². The Balaban J connectivity index is 2.20. The standard InChI is InChI=1S/C12H18N6O2/c1-12(2,3)6-8(11(19)20)7-18-10(15-16-17-18)9-4-5-13-14-9/h4-5,8H,6-7H2,1-3H3,(H,13,14)(H,19,20). The van der Waals surface area contributed by atoms with E-state index in [1.165, 1.54) is 4.68 Å². The molecule has 8 heteroatoms. The minimum absolute atomic E-state index is 0.0782. The van der Waals surface area contributed by atoms with Gasteiger partial charge >= 0.3 is 5.97 Å². The third-order valence-electron chi connectivity index (χ3n) is 2.87. The van der Waals surface area contributed by atoms with Crippen LogP contribution in [-0.4, -0.2) is 41.5 Å². The topological polar surface area (TPSA) is 110 Å². The zero-order chi connectivity index (χ0) is 14.8. The molecule has 0 bridgehead atoms. The Morgan fingerprint density at radius 1 is 1.50 bits per heavy atom. The maximum atomic E-state index is 11.4. The molecule has 2 rings (SSSR count). The van der Waals surface area contributed by atoms with E-state index in [4.69, 9.17) is 0 Å². The third-order valence-corrected chi connectivity index (χ3v) is 2.87. The first-order valence-corrected chi connectivity index (χ1v) is 6.35. The van der Waals surface area contributed by atoms with Crippen LogP contribution in [0.25, 0.3) is 11.5 Å². The van der Waals surface area contributed by atoms with Crippen molar-refractivity contribution >= 4 is 5.97 Å². The number of carboxylic acid groups (broad SMARTS) is 1. The minimum atomic E-state index is -0.842. The molecule has 0 saturated carbocycles. The molecule has 2 N–H and O–H groups in total. The van der Waals surface area contributed by atoms with Crippen LogP contribution in [-0.2, 0) is 11.3 Å². The fourth-order valence-electron chi connectivity index (χ4n) is 2.08. The minimum Gasteiger partial charge on any atom is -0.481 e. The van der Waals surface area contributed by atoms with Crippen LogP contribution in [0.2, 0.25) is 0 Å². The summed E-state index contributed by atoms with van der Waals surface area (Å²) in [7, 11) is 0. The Bertz CT molecular complexity index is 569. The number of nitrogens with one attached hydrogen (secondary N) is 1. The average Bonchev–Trinajstić information content (AvgIpc) is 2.94. The van der Waals surface area contributed by atoms with Gasteiger partial charge < -0.3 is 5.11 Å². The predicted molar refractivity (Wildman–Crippen MR) is 70.6 cm³/mol. The lowest BCUT2D eigenvalue weighted by molar-refractivity contribution is -0.143. The van der Waals surface area contributed by atoms with Gasteiger partial charge in [-0.3, -0.25) is 9.89 Å². The molecule has 1 atom stereocenters. The highest BCUT2D eigenvalue weighted by atomic mass is 16.4. The maximum absolute atomic E-state index is 11.4. The molecule has 0 aliphatic heterocycles. The third kappa shape index (κ3) is 3.40. The van der Waals surface area contributed by atoms with Crippen LogP contribution < -0.4 is 0 Å². The van der Waals surface area contributed by atoms with E-state index in [0.29, 0.717) is 17.9 Å². The summed E-state index contributed by atoms with van der Waals surface area (Å²) in [6.45, 7) is 6.27. The molecule has 0 aliphatic carbocycles. The van der Waals surface area contributed by atoms with Crippen molar-refractivity contribution in [2.45, 2.75) is 33.7 Å². The van der Waals surface area contributed by atoms with Gasteiger partial charge in [0.1, 0.15) is 5.69 Å². The highest BCUT2D eigenvalue weighted by molar-refractivity contribution is 5.70. The normalized spacial score (nSPS) is 13.3. The summed E-state index contributed by atoms with van der Waals surface area (Å²) in [6, 6.07) is 1.74. The van der Waals surface area contributed by atoms with Gasteiger partial charge in [-0.1, -0.05) is 20.8 Å². The molecular weight excluding hydrogens is 260 g/mol. The first kappa shape index (κ1) is 14.2. The van der Waals surface area contributed by atoms with Crippen LogP contribution >= 0.6 is 0 Å². The van der Waals surface area contributed by atoms with Gasteiger partial charge in [0, 0.05) is 6.20 Å². The van der Waals surface area contributed by atoms with E-state index in [0.717, 1.165) is 0 Å². The summed E-state index contributed by atoms with van der Waals surface area (Å²) in [5.74, 6) is -0.895. The number of H-pyrrole nitrogens is 1. The molecule has 0 amide bonds. The second-order valence-corrected chi connectivity index (χ2v) is 5.95. The largest absolute Gasteiger partial charge is 0.481 e. The summed E-state index contributed by atoms with van der Waals surface area (Å²) in [6.07, 6.45) is 2.14. The number of aromatic amines is 1. The number of aliphatic carboxylic acids is 1. The van der Waals surface area contributed by atoms with E-state index in [-0.39, 0.29) is 12.0 Å². The molecule has 0 aromatic carbocycles. The van der Waals surface area contributed by atoms with Crippen molar-refractivity contribution in [1.29, 1.82) is 0 Å². The van der Waals surface area contributed by atoms with Crippen LogP contribution in [0.1, 0.15) is 27.2 Å². The first-order valence-electron chi connectivity index (χ1n) is 6.35. The van der Waals surface area contributed by atoms with Crippen LogP contribution in [0.4, 0.5) is 0 Å². The van der Waals surface area contributed by atoms with Gasteiger partial charge in [0.05, 0.1) is 12.5 Å². The van der Waals surface area contributed by atoms with Crippen LogP contribution in [0.15, 0.2) is 12.3 Å². The Hall–Kier alpha value is -2.25. The molecule has 108 valence electrons. The lowest BCUT2D eigenvalue weighted by Crippen LogP contribution is -2.26. The number of nitrogens with zero attached hydrogens (tertiary/aromatic N) is 5. The lowest BCUT2D eigenvalue weighted by Gasteiger charge is -2.23. The molecule has 0 spiro atoms. The van der Waals surface area contributed by atoms with Gasteiger partial charge in [-0.05, 0) is 28.3 Å². The summed E-state index contributed by atoms with van der Waals surface area (Å²) in [5, 5.41) is 27.4. The van der Waals surface area contributed by atoms with Crippen molar-refractivity contribution in [1.82, 2.24) is 30.4 Å². The highest BCUT2D eigenvalue weighted by Gasteiger charge is 2.26. The molecular formula is C12H18N6O2. The molecule has 0 radical (unpaired) electrons. The molecule has 0 fully saturated rings. The van der Waals surface area contributed by atoms with E-state index in [1.54, 1.807) is 12.3 Å². The summed E-state index contributed by atoms with van der Waals surface area (Å²) in [5.41, 5.74) is 0.584. The van der Waals surface area contributed by atoms with Gasteiger partial charge in [0.15, 0.2) is 5.82 Å². The SMILES string of the molecule is CC(C)(C)CC(Cn1nnnc1-c1ccn[nH]1)C(=O)O. The first-order chi connectivity index (χ1) is 9.37. The molecule has 0 saturated heterocycles. The number of tetrazole rings is 1. The zero-order valence-corrected chi connectivity index (χ0v) is 11.7. The summed E-state index contributed by atoms with van der Waals surface area (Å²) >= 11 is 0. The lowest BCUT2D eigenvalue weighted by atomic mass is 9.84. The Morgan fingerprint density at radius 2 is 2.25 bits per heavy atom. The Morgan fingerprint density at radius 3 is 2.80 bits per heavy atom. The second kappa shape index (κ2) is 5.40. The molecule has 2 aromatic rings. The van der Waals surface area contributed by atoms with Gasteiger partial charge in [0.25, 0.3) is 0 Å². The van der Waals surface area contributed by atoms with Crippen molar-refractivity contribution in [2.24, 2.45) is 11.3 Å². The Kier molecular flexibility index (Phi) is 3.82. The van der Waals surface area contributed by atoms with Crippen LogP contribution in [0, 0.1) is 11.3 Å². The van der Waals surface area contributed by atoms with Gasteiger partial charge in [-0.25, -0.2) is 4.68 Å². The van der Waals surface area contributed by atoms with E-state index in [9.17, 15) is 9.90 Å². The summed E-state index contributed by atoms with van der Waals surface area (Å²) in [4.78, 5) is 11.4. The quantitative estimate of drug-likeness (QED) is 0.850. The van der Waals surface area contributed by atoms with E-state index in [1.807, 2.05) is 20.8 Å². The monoisotopic (exact) mass is 278 g/mol. The number of rotatable bonds is 5. The fourth-order valence-corrected chi connectivity index (χ4v) is 2.08. The predicted octanol–water partition coefficient (Wildman–Crippen LogP) is 1.20.